The fourth-order valence-electron chi connectivity index (χ4n) is 1.58. The first-order valence-corrected chi connectivity index (χ1v) is 6.80. The van der Waals surface area contributed by atoms with Crippen LogP contribution < -0.4 is 11.1 Å². The number of hydrogen-bond acceptors (Lipinski definition) is 6. The molecule has 0 atom stereocenters. The van der Waals surface area contributed by atoms with Gasteiger partial charge in [-0.05, 0) is 19.9 Å². The summed E-state index contributed by atoms with van der Waals surface area (Å²) in [6.07, 6.45) is 1.71. The van der Waals surface area contributed by atoms with Crippen molar-refractivity contribution in [2.45, 2.75) is 20.0 Å². The first-order chi connectivity index (χ1) is 9.09. The maximum Gasteiger partial charge on any atom is 0.263 e. The second kappa shape index (κ2) is 5.94. The topological polar surface area (TPSA) is 90.1 Å². The third-order valence-electron chi connectivity index (χ3n) is 2.47. The standard InChI is InChI=1S/C12H16N4O2S/c1-7(2)18-6-5-14-11(17)10-9(13)8-3-4-15-16-12(8)19-10/h3-4,7H,5-6,13H2,1-2H3,(H,14,17). The first-order valence-electron chi connectivity index (χ1n) is 5.99. The zero-order valence-electron chi connectivity index (χ0n) is 10.8. The molecule has 0 unspecified atom stereocenters. The molecule has 1 amide bonds. The number of nitrogens with one attached hydrogen (secondary N) is 1. The van der Waals surface area contributed by atoms with E-state index in [9.17, 15) is 4.79 Å². The summed E-state index contributed by atoms with van der Waals surface area (Å²) in [6.45, 7) is 4.83. The quantitative estimate of drug-likeness (QED) is 0.809. The molecule has 2 rings (SSSR count). The van der Waals surface area contributed by atoms with Gasteiger partial charge in [-0.1, -0.05) is 0 Å². The van der Waals surface area contributed by atoms with Crippen molar-refractivity contribution in [3.63, 3.8) is 0 Å². The number of fused-ring (bicyclic) bond motifs is 1. The summed E-state index contributed by atoms with van der Waals surface area (Å²) in [5.41, 5.74) is 6.40. The average molecular weight is 280 g/mol. The van der Waals surface area contributed by atoms with Gasteiger partial charge in [-0.3, -0.25) is 4.79 Å². The van der Waals surface area contributed by atoms with Crippen LogP contribution in [0.25, 0.3) is 10.2 Å². The number of carbonyl (C=O) groups excluding carboxylic acids is 1. The van der Waals surface area contributed by atoms with Gasteiger partial charge in [0.15, 0.2) is 0 Å². The average Bonchev–Trinajstić information content (AvgIpc) is 2.72. The smallest absolute Gasteiger partial charge is 0.263 e. The number of hydrogen-bond donors (Lipinski definition) is 2. The molecular formula is C12H16N4O2S. The van der Waals surface area contributed by atoms with Crippen LogP contribution in [-0.2, 0) is 4.74 Å². The van der Waals surface area contributed by atoms with Crippen LogP contribution in [0, 0.1) is 0 Å². The third-order valence-corrected chi connectivity index (χ3v) is 3.57. The molecule has 3 N–H and O–H groups in total. The van der Waals surface area contributed by atoms with E-state index in [0.717, 1.165) is 5.39 Å². The predicted octanol–water partition coefficient (Wildman–Crippen LogP) is 1.43. The molecule has 0 bridgehead atoms. The number of anilines is 1. The van der Waals surface area contributed by atoms with Gasteiger partial charge in [0.2, 0.25) is 0 Å². The molecule has 0 aliphatic carbocycles. The highest BCUT2D eigenvalue weighted by Crippen LogP contribution is 2.31. The molecule has 19 heavy (non-hydrogen) atoms. The van der Waals surface area contributed by atoms with E-state index in [1.165, 1.54) is 11.3 Å². The molecule has 102 valence electrons. The van der Waals surface area contributed by atoms with Gasteiger partial charge in [0.1, 0.15) is 9.71 Å². The van der Waals surface area contributed by atoms with E-state index < -0.39 is 0 Å². The number of nitrogens with two attached hydrogens (primary N) is 1. The van der Waals surface area contributed by atoms with Crippen LogP contribution in [-0.4, -0.2) is 35.4 Å². The Kier molecular flexibility index (Phi) is 4.28. The number of thiophene rings is 1. The van der Waals surface area contributed by atoms with Crippen molar-refractivity contribution in [3.8, 4) is 0 Å². The molecule has 2 aromatic heterocycles. The van der Waals surface area contributed by atoms with Crippen LogP contribution >= 0.6 is 11.3 Å². The molecule has 2 heterocycles. The van der Waals surface area contributed by atoms with Gasteiger partial charge in [0.05, 0.1) is 24.6 Å². The zero-order chi connectivity index (χ0) is 13.8. The van der Waals surface area contributed by atoms with Crippen molar-refractivity contribution in [3.05, 3.63) is 17.1 Å². The zero-order valence-corrected chi connectivity index (χ0v) is 11.7. The normalized spacial score (nSPS) is 11.1. The second-order valence-corrected chi connectivity index (χ2v) is 5.27. The molecule has 0 aromatic carbocycles. The maximum absolute atomic E-state index is 12.0. The number of carbonyl (C=O) groups is 1. The minimum atomic E-state index is -0.201. The van der Waals surface area contributed by atoms with Gasteiger partial charge in [0.25, 0.3) is 5.91 Å². The number of rotatable bonds is 5. The maximum atomic E-state index is 12.0. The fourth-order valence-corrected chi connectivity index (χ4v) is 2.54. The molecule has 0 saturated heterocycles. The Labute approximate surface area is 115 Å². The fraction of sp³-hybridized carbons (Fsp3) is 0.417. The van der Waals surface area contributed by atoms with Crippen molar-refractivity contribution in [2.75, 3.05) is 18.9 Å². The van der Waals surface area contributed by atoms with E-state index in [-0.39, 0.29) is 12.0 Å². The van der Waals surface area contributed by atoms with Crippen LogP contribution in [0.15, 0.2) is 12.3 Å². The lowest BCUT2D eigenvalue weighted by Crippen LogP contribution is -2.27. The van der Waals surface area contributed by atoms with Crippen molar-refractivity contribution in [2.24, 2.45) is 0 Å². The van der Waals surface area contributed by atoms with Gasteiger partial charge in [-0.2, -0.15) is 5.10 Å². The minimum Gasteiger partial charge on any atom is -0.397 e. The molecule has 0 saturated carbocycles. The van der Waals surface area contributed by atoms with Gasteiger partial charge in [0, 0.05) is 11.9 Å². The Bertz CT molecular complexity index is 582. The van der Waals surface area contributed by atoms with E-state index in [0.29, 0.717) is 28.5 Å². The van der Waals surface area contributed by atoms with Crippen LogP contribution in [0.2, 0.25) is 0 Å². The largest absolute Gasteiger partial charge is 0.397 e. The minimum absolute atomic E-state index is 0.154. The number of ether oxygens (including phenoxy) is 1. The van der Waals surface area contributed by atoms with Gasteiger partial charge in [-0.15, -0.1) is 16.4 Å². The Morgan fingerprint density at radius 2 is 2.37 bits per heavy atom. The summed E-state index contributed by atoms with van der Waals surface area (Å²) >= 11 is 1.24. The summed E-state index contributed by atoms with van der Waals surface area (Å²) in [6, 6.07) is 1.76. The summed E-state index contributed by atoms with van der Waals surface area (Å²) in [4.78, 5) is 13.1. The van der Waals surface area contributed by atoms with Gasteiger partial charge < -0.3 is 15.8 Å². The van der Waals surface area contributed by atoms with E-state index >= 15 is 0 Å². The van der Waals surface area contributed by atoms with Gasteiger partial charge in [-0.25, -0.2) is 0 Å². The third kappa shape index (κ3) is 3.18. The van der Waals surface area contributed by atoms with E-state index in [4.69, 9.17) is 10.5 Å². The van der Waals surface area contributed by atoms with Crippen molar-refractivity contribution in [1.82, 2.24) is 15.5 Å². The van der Waals surface area contributed by atoms with Crippen molar-refractivity contribution in [1.29, 1.82) is 0 Å². The van der Waals surface area contributed by atoms with Crippen LogP contribution in [0.4, 0.5) is 5.69 Å². The monoisotopic (exact) mass is 280 g/mol. The Morgan fingerprint density at radius 3 is 3.05 bits per heavy atom. The molecule has 7 heteroatoms. The lowest BCUT2D eigenvalue weighted by molar-refractivity contribution is 0.0748. The SMILES string of the molecule is CC(C)OCCNC(=O)c1sc2nnccc2c1N. The number of aromatic nitrogens is 2. The van der Waals surface area contributed by atoms with E-state index in [1.54, 1.807) is 12.3 Å². The number of nitrogens with zero attached hydrogens (tertiary/aromatic N) is 2. The highest BCUT2D eigenvalue weighted by atomic mass is 32.1. The molecule has 2 aromatic rings. The number of amides is 1. The Morgan fingerprint density at radius 1 is 1.58 bits per heavy atom. The first kappa shape index (κ1) is 13.7. The summed E-state index contributed by atoms with van der Waals surface area (Å²) in [7, 11) is 0. The summed E-state index contributed by atoms with van der Waals surface area (Å²) in [5, 5.41) is 11.3. The highest BCUT2D eigenvalue weighted by molar-refractivity contribution is 7.21. The van der Waals surface area contributed by atoms with E-state index in [1.807, 2.05) is 13.8 Å². The molecule has 0 spiro atoms. The van der Waals surface area contributed by atoms with Crippen LogP contribution in [0.5, 0.6) is 0 Å². The van der Waals surface area contributed by atoms with Crippen LogP contribution in [0.3, 0.4) is 0 Å². The Balaban J connectivity index is 2.03. The summed E-state index contributed by atoms with van der Waals surface area (Å²) in [5.74, 6) is -0.201. The second-order valence-electron chi connectivity index (χ2n) is 4.27. The molecule has 0 aliphatic heterocycles. The number of nitrogen functional groups attached to an aromatic ring is 1. The van der Waals surface area contributed by atoms with Crippen molar-refractivity contribution >= 4 is 33.1 Å². The van der Waals surface area contributed by atoms with Gasteiger partial charge >= 0.3 is 0 Å². The molecular weight excluding hydrogens is 264 g/mol. The molecule has 6 nitrogen and oxygen atoms in total. The molecule has 0 radical (unpaired) electrons. The van der Waals surface area contributed by atoms with Crippen LogP contribution in [0.1, 0.15) is 23.5 Å². The summed E-state index contributed by atoms with van der Waals surface area (Å²) < 4.78 is 5.35. The lowest BCUT2D eigenvalue weighted by Gasteiger charge is -2.08. The predicted molar refractivity (Wildman–Crippen MR) is 75.2 cm³/mol. The molecule has 0 aliphatic rings. The lowest BCUT2D eigenvalue weighted by atomic mass is 10.3. The highest BCUT2D eigenvalue weighted by Gasteiger charge is 2.16. The van der Waals surface area contributed by atoms with E-state index in [2.05, 4.69) is 15.5 Å². The molecule has 0 fully saturated rings. The Hall–Kier alpha value is -1.73. The van der Waals surface area contributed by atoms with Crippen molar-refractivity contribution < 1.29 is 9.53 Å².